The van der Waals surface area contributed by atoms with Crippen LogP contribution in [0.2, 0.25) is 0 Å². The molecule has 0 spiro atoms. The highest BCUT2D eigenvalue weighted by Gasteiger charge is 2.73. The number of ketones is 1. The Morgan fingerprint density at radius 3 is 2.39 bits per heavy atom. The number of carbonyl (C=O) groups is 2. The zero-order valence-corrected chi connectivity index (χ0v) is 27.9. The number of hydrogen-bond donors (Lipinski definition) is 5. The lowest BCUT2D eigenvalue weighted by molar-refractivity contribution is -0.238. The summed E-state index contributed by atoms with van der Waals surface area (Å²) in [7, 11) is 0. The third-order valence-electron chi connectivity index (χ3n) is 12.5. The average Bonchev–Trinajstić information content (AvgIpc) is 3.92. The molecule has 7 rings (SSSR count). The minimum absolute atomic E-state index is 0.0221. The van der Waals surface area contributed by atoms with Crippen LogP contribution in [0.4, 0.5) is 0 Å². The van der Waals surface area contributed by atoms with Crippen molar-refractivity contribution < 1.29 is 49.4 Å². The van der Waals surface area contributed by atoms with Crippen LogP contribution in [-0.2, 0) is 23.9 Å². The first-order valence-electron chi connectivity index (χ1n) is 17.3. The van der Waals surface area contributed by atoms with Crippen molar-refractivity contribution in [1.82, 2.24) is 5.06 Å². The molecule has 11 nitrogen and oxygen atoms in total. The molecular weight excluding hydrogens is 594 g/mol. The number of fused-ring (bicyclic) bond motifs is 12. The van der Waals surface area contributed by atoms with Gasteiger partial charge >= 0.3 is 5.97 Å². The third-order valence-corrected chi connectivity index (χ3v) is 12.5. The summed E-state index contributed by atoms with van der Waals surface area (Å²) in [6.07, 6.45) is 0.0892. The van der Waals surface area contributed by atoms with Gasteiger partial charge in [0.2, 0.25) is 0 Å². The molecule has 5 fully saturated rings. The zero-order valence-electron chi connectivity index (χ0n) is 27.9. The Labute approximate surface area is 271 Å². The maximum Gasteiger partial charge on any atom is 0.364 e. The molecule has 2 bridgehead atoms. The number of rotatable bonds is 3. The molecular formula is C35H53NO10. The Morgan fingerprint density at radius 1 is 1.02 bits per heavy atom. The number of ether oxygens (including phenoxy) is 2. The highest BCUT2D eigenvalue weighted by atomic mass is 16.7. The van der Waals surface area contributed by atoms with Gasteiger partial charge in [0.05, 0.1) is 36.6 Å². The predicted molar refractivity (Wildman–Crippen MR) is 166 cm³/mol. The number of nitrogens with zero attached hydrogens (tertiary/aromatic N) is 1. The summed E-state index contributed by atoms with van der Waals surface area (Å²) in [6.45, 7) is 11.0. The van der Waals surface area contributed by atoms with Gasteiger partial charge in [0, 0.05) is 11.8 Å². The lowest BCUT2D eigenvalue weighted by Gasteiger charge is -2.49. The van der Waals surface area contributed by atoms with Crippen LogP contribution >= 0.6 is 0 Å². The fourth-order valence-electron chi connectivity index (χ4n) is 9.84. The van der Waals surface area contributed by atoms with Gasteiger partial charge in [-0.2, -0.15) is 0 Å². The number of aliphatic hydroxyl groups excluding tert-OH is 5. The largest absolute Gasteiger partial charge is 0.511 e. The van der Waals surface area contributed by atoms with E-state index in [1.54, 1.807) is 26.8 Å². The van der Waals surface area contributed by atoms with E-state index in [4.69, 9.17) is 14.3 Å². The molecule has 46 heavy (non-hydrogen) atoms. The van der Waals surface area contributed by atoms with E-state index in [0.717, 1.165) is 37.2 Å². The molecule has 0 aromatic rings. The van der Waals surface area contributed by atoms with E-state index >= 15 is 0 Å². The number of hydrogen-bond acceptors (Lipinski definition) is 11. The second-order valence-corrected chi connectivity index (χ2v) is 15.5. The van der Waals surface area contributed by atoms with Crippen molar-refractivity contribution in [2.24, 2.45) is 41.4 Å². The molecule has 1 unspecified atom stereocenters. The van der Waals surface area contributed by atoms with Crippen LogP contribution in [0.25, 0.3) is 0 Å². The van der Waals surface area contributed by atoms with E-state index in [-0.39, 0.29) is 47.7 Å². The molecule has 7 aliphatic rings. The Morgan fingerprint density at radius 2 is 1.72 bits per heavy atom. The van der Waals surface area contributed by atoms with Gasteiger partial charge in [-0.1, -0.05) is 39.7 Å². The van der Waals surface area contributed by atoms with Crippen LogP contribution in [0.15, 0.2) is 23.0 Å². The van der Waals surface area contributed by atoms with Crippen molar-refractivity contribution in [1.29, 1.82) is 0 Å². The number of Topliss-reactive ketones (excluding diaryl/α,β-unsaturated/α-hetero) is 1. The van der Waals surface area contributed by atoms with Gasteiger partial charge in [0.1, 0.15) is 35.7 Å². The van der Waals surface area contributed by atoms with E-state index in [1.807, 2.05) is 0 Å². The Bertz CT molecular complexity index is 1250. The maximum atomic E-state index is 13.9. The topological polar surface area (TPSA) is 173 Å². The van der Waals surface area contributed by atoms with E-state index in [1.165, 1.54) is 0 Å². The molecule has 0 radical (unpaired) electrons. The summed E-state index contributed by atoms with van der Waals surface area (Å²) in [5.74, 6) is -2.44. The second-order valence-electron chi connectivity index (χ2n) is 15.5. The number of epoxide rings is 2. The number of allylic oxidation sites excluding steroid dienone is 2. The molecule has 5 heterocycles. The summed E-state index contributed by atoms with van der Waals surface area (Å²) >= 11 is 0. The third kappa shape index (κ3) is 5.67. The lowest BCUT2D eigenvalue weighted by Crippen LogP contribution is -2.62. The molecule has 11 heteroatoms. The molecule has 2 aliphatic carbocycles. The van der Waals surface area contributed by atoms with Gasteiger partial charge in [0.25, 0.3) is 0 Å². The normalized spacial score (nSPS) is 49.5. The van der Waals surface area contributed by atoms with E-state index < -0.39 is 71.8 Å². The second kappa shape index (κ2) is 12.5. The van der Waals surface area contributed by atoms with Crippen molar-refractivity contribution in [3.63, 3.8) is 0 Å². The van der Waals surface area contributed by atoms with E-state index in [0.29, 0.717) is 17.9 Å². The van der Waals surface area contributed by atoms with Crippen LogP contribution in [0, 0.1) is 41.4 Å². The summed E-state index contributed by atoms with van der Waals surface area (Å²) in [6, 6.07) is -1.53. The maximum absolute atomic E-state index is 13.9. The number of hydroxylamine groups is 2. The summed E-state index contributed by atoms with van der Waals surface area (Å²) in [5.41, 5.74) is -0.616. The SMILES string of the molecule is C/C=C(\C)[C@H](O)[C@H](O)[C@H]1[C@@H](O)[C@H](O)[C@H](C)CCCC[C@@H]2O[C@]2(C)[C@H]2[C@H]3O[C@H]3[C@@H]3C[C@@H](C)C[C@@H](C)[C@@H]3[C@H]2C(O)=C2C(=O)CN1OC2=O. The van der Waals surface area contributed by atoms with Gasteiger partial charge < -0.3 is 39.8 Å². The molecule has 5 aliphatic heterocycles. The fourth-order valence-corrected chi connectivity index (χ4v) is 9.84. The average molecular weight is 648 g/mol. The molecule has 0 aromatic heterocycles. The van der Waals surface area contributed by atoms with Crippen LogP contribution < -0.4 is 0 Å². The molecule has 3 saturated heterocycles. The van der Waals surface area contributed by atoms with Crippen molar-refractivity contribution in [2.45, 2.75) is 134 Å². The monoisotopic (exact) mass is 647 g/mol. The van der Waals surface area contributed by atoms with Gasteiger partial charge in [-0.05, 0) is 81.6 Å². The van der Waals surface area contributed by atoms with Gasteiger partial charge in [-0.3, -0.25) is 4.79 Å². The van der Waals surface area contributed by atoms with E-state index in [9.17, 15) is 35.1 Å². The molecule has 0 aromatic carbocycles. The smallest absolute Gasteiger partial charge is 0.364 e. The molecule has 17 atom stereocenters. The molecule has 2 saturated carbocycles. The Balaban J connectivity index is 1.42. The highest BCUT2D eigenvalue weighted by Crippen LogP contribution is 2.65. The van der Waals surface area contributed by atoms with E-state index in [2.05, 4.69) is 20.8 Å². The minimum Gasteiger partial charge on any atom is -0.511 e. The predicted octanol–water partition coefficient (Wildman–Crippen LogP) is 2.60. The minimum atomic E-state index is -1.71. The van der Waals surface area contributed by atoms with Gasteiger partial charge in [-0.15, -0.1) is 5.06 Å². The van der Waals surface area contributed by atoms with Crippen molar-refractivity contribution in [2.75, 3.05) is 6.54 Å². The molecule has 5 N–H and O–H groups in total. The molecule has 258 valence electrons. The standard InChI is InChI=1S/C35H53NO10/c1-7-16(3)27(38)30(41)26-31(42)28(39)17(4)10-8-9-11-21-35(6,45-21)25-24(29(40)23-20(37)14-36(26)46-34(23)43)22-18(5)12-15(2)13-19(22)32-33(25)44-32/h7,15,17-19,21-22,24-28,30-33,38-42H,8-14H2,1-6H3/b16-7+,29-23?/t15-,17+,18+,19+,21-,22-,24+,25+,26-,27-,28+,30+,31+,32-,33+,35-/m0/s1. The van der Waals surface area contributed by atoms with Crippen LogP contribution in [0.3, 0.4) is 0 Å². The van der Waals surface area contributed by atoms with Crippen molar-refractivity contribution >= 4 is 11.8 Å². The van der Waals surface area contributed by atoms with Gasteiger partial charge in [0.15, 0.2) is 5.78 Å². The van der Waals surface area contributed by atoms with Crippen LogP contribution in [-0.4, -0.2) is 103 Å². The molecule has 0 amide bonds. The fraction of sp³-hybridized carbons (Fsp3) is 0.829. The quantitative estimate of drug-likeness (QED) is 0.173. The Hall–Kier alpha value is -1.86. The van der Waals surface area contributed by atoms with Crippen LogP contribution in [0.5, 0.6) is 0 Å². The highest BCUT2D eigenvalue weighted by molar-refractivity contribution is 6.19. The first kappa shape index (κ1) is 34.0. The zero-order chi connectivity index (χ0) is 33.4. The lowest BCUT2D eigenvalue weighted by atomic mass is 9.53. The van der Waals surface area contributed by atoms with Crippen molar-refractivity contribution in [3.8, 4) is 0 Å². The first-order chi connectivity index (χ1) is 21.7. The van der Waals surface area contributed by atoms with Crippen molar-refractivity contribution in [3.05, 3.63) is 23.0 Å². The summed E-state index contributed by atoms with van der Waals surface area (Å²) in [4.78, 5) is 33.4. The summed E-state index contributed by atoms with van der Waals surface area (Å²) < 4.78 is 12.8. The Kier molecular flexibility index (Phi) is 9.28. The van der Waals surface area contributed by atoms with Gasteiger partial charge in [-0.25, -0.2) is 4.79 Å². The summed E-state index contributed by atoms with van der Waals surface area (Å²) in [5, 5.41) is 57.9. The number of aliphatic hydroxyl groups is 5. The number of carbonyl (C=O) groups excluding carboxylic acids is 2. The van der Waals surface area contributed by atoms with Crippen LogP contribution in [0.1, 0.15) is 80.1 Å². The first-order valence-corrected chi connectivity index (χ1v) is 17.3.